The van der Waals surface area contributed by atoms with Gasteiger partial charge in [-0.25, -0.2) is 0 Å². The molecule has 0 amide bonds. The smallest absolute Gasteiger partial charge is 0.0457 e. The molecule has 2 aromatic carbocycles. The molecule has 0 aliphatic carbocycles. The first kappa shape index (κ1) is 17.0. The highest BCUT2D eigenvalue weighted by Crippen LogP contribution is 2.29. The number of aromatic nitrogens is 1. The topological polar surface area (TPSA) is 19.0 Å². The Bertz CT molecular complexity index is 856. The van der Waals surface area contributed by atoms with Gasteiger partial charge in [0.1, 0.15) is 0 Å². The number of hydrogen-bond donors (Lipinski definition) is 1. The van der Waals surface area contributed by atoms with Crippen LogP contribution < -0.4 is 0 Å². The Morgan fingerprint density at radius 1 is 1.20 bits per heavy atom. The van der Waals surface area contributed by atoms with Crippen LogP contribution in [-0.2, 0) is 13.0 Å². The fraction of sp³-hybridized carbons (Fsp3) is 0.333. The minimum Gasteiger partial charge on any atom is -0.361 e. The minimum atomic E-state index is 0.618. The quantitative estimate of drug-likeness (QED) is 0.576. The number of thioether (sulfide) groups is 1. The Balaban J connectivity index is 1.52. The van der Waals surface area contributed by atoms with Crippen LogP contribution in [-0.4, -0.2) is 28.7 Å². The van der Waals surface area contributed by atoms with Gasteiger partial charge < -0.3 is 4.98 Å². The molecule has 1 atom stereocenters. The maximum atomic E-state index is 6.01. The van der Waals surface area contributed by atoms with Gasteiger partial charge in [-0.1, -0.05) is 23.7 Å². The minimum absolute atomic E-state index is 0.618. The molecule has 1 saturated heterocycles. The number of benzene rings is 2. The second-order valence-electron chi connectivity index (χ2n) is 6.82. The van der Waals surface area contributed by atoms with E-state index in [0.29, 0.717) is 6.04 Å². The van der Waals surface area contributed by atoms with E-state index in [1.807, 2.05) is 12.1 Å². The number of hydrogen-bond acceptors (Lipinski definition) is 2. The molecule has 4 heteroatoms. The molecule has 2 heterocycles. The van der Waals surface area contributed by atoms with Crippen molar-refractivity contribution in [3.05, 3.63) is 64.8 Å². The molecule has 1 aromatic heterocycles. The van der Waals surface area contributed by atoms with E-state index >= 15 is 0 Å². The Hall–Kier alpha value is -1.42. The van der Waals surface area contributed by atoms with Crippen molar-refractivity contribution < 1.29 is 0 Å². The molecule has 1 aliphatic heterocycles. The van der Waals surface area contributed by atoms with Crippen LogP contribution in [0.1, 0.15) is 24.0 Å². The molecular weight excluding hydrogens is 348 g/mol. The first-order chi connectivity index (χ1) is 12.2. The van der Waals surface area contributed by atoms with Gasteiger partial charge >= 0.3 is 0 Å². The molecule has 0 radical (unpaired) electrons. The van der Waals surface area contributed by atoms with E-state index in [1.165, 1.54) is 46.3 Å². The fourth-order valence-electron chi connectivity index (χ4n) is 3.87. The van der Waals surface area contributed by atoms with Crippen LogP contribution >= 0.6 is 23.4 Å². The van der Waals surface area contributed by atoms with E-state index in [9.17, 15) is 0 Å². The number of aromatic amines is 1. The number of likely N-dealkylation sites (tertiary alicyclic amines) is 1. The third-order valence-electron chi connectivity index (χ3n) is 5.23. The Labute approximate surface area is 158 Å². The SMILES string of the molecule is CSc1ccc2[nH]cc(CC3CCCN3Cc3ccc(Cl)cc3)c2c1. The molecule has 130 valence electrons. The zero-order valence-corrected chi connectivity index (χ0v) is 16.0. The lowest BCUT2D eigenvalue weighted by Gasteiger charge is -2.24. The first-order valence-corrected chi connectivity index (χ1v) is 10.5. The Morgan fingerprint density at radius 2 is 2.04 bits per heavy atom. The average molecular weight is 371 g/mol. The Morgan fingerprint density at radius 3 is 2.84 bits per heavy atom. The molecule has 1 aliphatic rings. The van der Waals surface area contributed by atoms with E-state index in [1.54, 1.807) is 11.8 Å². The van der Waals surface area contributed by atoms with E-state index in [0.717, 1.165) is 18.0 Å². The number of rotatable bonds is 5. The van der Waals surface area contributed by atoms with Gasteiger partial charge in [-0.15, -0.1) is 11.8 Å². The Kier molecular flexibility index (Phi) is 5.07. The lowest BCUT2D eigenvalue weighted by atomic mass is 10.0. The van der Waals surface area contributed by atoms with Crippen LogP contribution in [0.2, 0.25) is 5.02 Å². The third-order valence-corrected chi connectivity index (χ3v) is 6.21. The molecular formula is C21H23ClN2S. The third kappa shape index (κ3) is 3.74. The van der Waals surface area contributed by atoms with Crippen LogP contribution in [0, 0.1) is 0 Å². The highest BCUT2D eigenvalue weighted by molar-refractivity contribution is 7.98. The van der Waals surface area contributed by atoms with E-state index in [-0.39, 0.29) is 0 Å². The molecule has 3 aromatic rings. The van der Waals surface area contributed by atoms with Crippen LogP contribution in [0.3, 0.4) is 0 Å². The second kappa shape index (κ2) is 7.45. The van der Waals surface area contributed by atoms with Gasteiger partial charge in [0.05, 0.1) is 0 Å². The molecule has 1 unspecified atom stereocenters. The van der Waals surface area contributed by atoms with E-state index < -0.39 is 0 Å². The normalized spacial score (nSPS) is 18.2. The highest BCUT2D eigenvalue weighted by atomic mass is 35.5. The van der Waals surface area contributed by atoms with Crippen LogP contribution in [0.5, 0.6) is 0 Å². The average Bonchev–Trinajstić information content (AvgIpc) is 3.24. The standard InChI is InChI=1S/C21H23ClN2S/c1-25-19-8-9-21-20(12-19)16(13-23-21)11-18-3-2-10-24(18)14-15-4-6-17(22)7-5-15/h4-9,12-13,18,23H,2-3,10-11,14H2,1H3. The summed E-state index contributed by atoms with van der Waals surface area (Å²) < 4.78 is 0. The number of nitrogens with one attached hydrogen (secondary N) is 1. The first-order valence-electron chi connectivity index (χ1n) is 8.85. The number of nitrogens with zero attached hydrogens (tertiary/aromatic N) is 1. The van der Waals surface area contributed by atoms with Gasteiger partial charge in [-0.05, 0) is 73.5 Å². The molecule has 0 spiro atoms. The summed E-state index contributed by atoms with van der Waals surface area (Å²) >= 11 is 7.82. The number of halogens is 1. The monoisotopic (exact) mass is 370 g/mol. The molecule has 4 rings (SSSR count). The summed E-state index contributed by atoms with van der Waals surface area (Å²) in [7, 11) is 0. The summed E-state index contributed by atoms with van der Waals surface area (Å²) in [6.45, 7) is 2.20. The molecule has 25 heavy (non-hydrogen) atoms. The van der Waals surface area contributed by atoms with Gasteiger partial charge in [0, 0.05) is 39.6 Å². The highest BCUT2D eigenvalue weighted by Gasteiger charge is 2.25. The van der Waals surface area contributed by atoms with Crippen molar-refractivity contribution >= 4 is 34.3 Å². The van der Waals surface area contributed by atoms with Crippen LogP contribution in [0.4, 0.5) is 0 Å². The molecule has 0 bridgehead atoms. The van der Waals surface area contributed by atoms with E-state index in [2.05, 4.69) is 52.7 Å². The zero-order chi connectivity index (χ0) is 17.2. The lowest BCUT2D eigenvalue weighted by molar-refractivity contribution is 0.244. The fourth-order valence-corrected chi connectivity index (χ4v) is 4.43. The molecule has 2 nitrogen and oxygen atoms in total. The maximum absolute atomic E-state index is 6.01. The summed E-state index contributed by atoms with van der Waals surface area (Å²) in [5, 5.41) is 2.19. The van der Waals surface area contributed by atoms with Crippen LogP contribution in [0.15, 0.2) is 53.6 Å². The van der Waals surface area contributed by atoms with Crippen molar-refractivity contribution in [2.45, 2.75) is 36.7 Å². The molecule has 0 saturated carbocycles. The van der Waals surface area contributed by atoms with Crippen molar-refractivity contribution in [2.24, 2.45) is 0 Å². The maximum Gasteiger partial charge on any atom is 0.0457 e. The number of fused-ring (bicyclic) bond motifs is 1. The second-order valence-corrected chi connectivity index (χ2v) is 8.14. The summed E-state index contributed by atoms with van der Waals surface area (Å²) in [6, 6.07) is 15.6. The van der Waals surface area contributed by atoms with Gasteiger partial charge in [0.15, 0.2) is 0 Å². The summed E-state index contributed by atoms with van der Waals surface area (Å²) in [4.78, 5) is 7.40. The van der Waals surface area contributed by atoms with Crippen molar-refractivity contribution in [1.29, 1.82) is 0 Å². The molecule has 1 N–H and O–H groups in total. The van der Waals surface area contributed by atoms with Crippen molar-refractivity contribution in [3.8, 4) is 0 Å². The van der Waals surface area contributed by atoms with Gasteiger partial charge in [0.2, 0.25) is 0 Å². The predicted molar refractivity (Wildman–Crippen MR) is 109 cm³/mol. The van der Waals surface area contributed by atoms with Crippen molar-refractivity contribution in [2.75, 3.05) is 12.8 Å². The van der Waals surface area contributed by atoms with Crippen molar-refractivity contribution in [1.82, 2.24) is 9.88 Å². The van der Waals surface area contributed by atoms with Crippen molar-refractivity contribution in [3.63, 3.8) is 0 Å². The summed E-state index contributed by atoms with van der Waals surface area (Å²) in [5.41, 5.74) is 4.04. The van der Waals surface area contributed by atoms with Gasteiger partial charge in [-0.2, -0.15) is 0 Å². The van der Waals surface area contributed by atoms with E-state index in [4.69, 9.17) is 11.6 Å². The predicted octanol–water partition coefficient (Wildman–Crippen LogP) is 5.75. The number of H-pyrrole nitrogens is 1. The zero-order valence-electron chi connectivity index (χ0n) is 14.5. The summed E-state index contributed by atoms with van der Waals surface area (Å²) in [6.07, 6.45) is 8.02. The molecule has 1 fully saturated rings. The summed E-state index contributed by atoms with van der Waals surface area (Å²) in [5.74, 6) is 0. The van der Waals surface area contributed by atoms with Gasteiger partial charge in [-0.3, -0.25) is 4.90 Å². The lowest BCUT2D eigenvalue weighted by Crippen LogP contribution is -2.30. The largest absolute Gasteiger partial charge is 0.361 e. The van der Waals surface area contributed by atoms with Crippen LogP contribution in [0.25, 0.3) is 10.9 Å². The van der Waals surface area contributed by atoms with Gasteiger partial charge in [0.25, 0.3) is 0 Å².